The van der Waals surface area contributed by atoms with Crippen molar-refractivity contribution >= 4 is 17.9 Å². The van der Waals surface area contributed by atoms with Crippen LogP contribution in [-0.4, -0.2) is 11.7 Å². The molecule has 0 radical (unpaired) electrons. The van der Waals surface area contributed by atoms with Crippen molar-refractivity contribution in [3.8, 4) is 0 Å². The number of carbonyl (C=O) groups is 1. The van der Waals surface area contributed by atoms with E-state index in [1.807, 2.05) is 32.1 Å². The van der Waals surface area contributed by atoms with Gasteiger partial charge in [0.05, 0.1) is 10.8 Å². The van der Waals surface area contributed by atoms with Gasteiger partial charge in [0.25, 0.3) is 0 Å². The van der Waals surface area contributed by atoms with E-state index in [2.05, 4.69) is 0 Å². The molecule has 0 aromatic carbocycles. The van der Waals surface area contributed by atoms with Crippen LogP contribution in [0, 0.1) is 5.41 Å². The van der Waals surface area contributed by atoms with Crippen LogP contribution in [0.25, 0.3) is 0 Å². The molecule has 0 bridgehead atoms. The van der Waals surface area contributed by atoms with Crippen LogP contribution in [0.5, 0.6) is 0 Å². The molecule has 1 aliphatic rings. The molecule has 0 fully saturated rings. The zero-order valence-corrected chi connectivity index (χ0v) is 7.43. The Hall–Kier alpha value is -0.560. The first-order valence-corrected chi connectivity index (χ1v) is 4.00. The maximum absolute atomic E-state index is 10.6. The van der Waals surface area contributed by atoms with Gasteiger partial charge in [-0.3, -0.25) is 0 Å². The van der Waals surface area contributed by atoms with E-state index in [1.54, 1.807) is 0 Å². The number of aldehydes is 1. The molecule has 2 atom stereocenters. The third kappa shape index (κ3) is 1.54. The van der Waals surface area contributed by atoms with E-state index in [4.69, 9.17) is 11.6 Å². The summed E-state index contributed by atoms with van der Waals surface area (Å²) in [6.07, 6.45) is 6.57. The van der Waals surface area contributed by atoms with Gasteiger partial charge in [0.2, 0.25) is 0 Å². The standard InChI is InChI=1S/C9H11ClO/c1-7-3-4-9(2,6-11)8(10)5-7/h3-6,8H,1-2H3. The fraction of sp³-hybridized carbons (Fsp3) is 0.444. The SMILES string of the molecule is CC1=CC(Cl)C(C)(C=O)C=C1. The van der Waals surface area contributed by atoms with E-state index in [0.717, 1.165) is 11.9 Å². The smallest absolute Gasteiger partial charge is 0.131 e. The fourth-order valence-electron chi connectivity index (χ4n) is 0.973. The topological polar surface area (TPSA) is 17.1 Å². The van der Waals surface area contributed by atoms with Crippen molar-refractivity contribution in [3.05, 3.63) is 23.8 Å². The van der Waals surface area contributed by atoms with Crippen LogP contribution in [0.2, 0.25) is 0 Å². The van der Waals surface area contributed by atoms with Gasteiger partial charge in [-0.2, -0.15) is 0 Å². The molecule has 2 heteroatoms. The number of allylic oxidation sites excluding steroid dienone is 4. The summed E-state index contributed by atoms with van der Waals surface area (Å²) >= 11 is 5.96. The summed E-state index contributed by atoms with van der Waals surface area (Å²) < 4.78 is 0. The van der Waals surface area contributed by atoms with Gasteiger partial charge < -0.3 is 4.79 Å². The maximum atomic E-state index is 10.6. The molecule has 11 heavy (non-hydrogen) atoms. The molecule has 1 aliphatic carbocycles. The lowest BCUT2D eigenvalue weighted by molar-refractivity contribution is -0.113. The molecule has 0 spiro atoms. The second kappa shape index (κ2) is 2.82. The first-order chi connectivity index (χ1) is 5.08. The Kier molecular flexibility index (Phi) is 2.19. The first kappa shape index (κ1) is 8.54. The van der Waals surface area contributed by atoms with Gasteiger partial charge in [-0.25, -0.2) is 0 Å². The van der Waals surface area contributed by atoms with Crippen molar-refractivity contribution in [2.75, 3.05) is 0 Å². The van der Waals surface area contributed by atoms with Crippen LogP contribution in [0.4, 0.5) is 0 Å². The zero-order chi connectivity index (χ0) is 8.48. The van der Waals surface area contributed by atoms with Gasteiger partial charge >= 0.3 is 0 Å². The van der Waals surface area contributed by atoms with Crippen molar-refractivity contribution in [2.45, 2.75) is 19.2 Å². The van der Waals surface area contributed by atoms with Crippen molar-refractivity contribution in [1.82, 2.24) is 0 Å². The summed E-state index contributed by atoms with van der Waals surface area (Å²) in [6.45, 7) is 3.80. The average molecular weight is 171 g/mol. The molecule has 0 amide bonds. The number of hydrogen-bond donors (Lipinski definition) is 0. The Bertz CT molecular complexity index is 230. The van der Waals surface area contributed by atoms with E-state index in [0.29, 0.717) is 0 Å². The second-order valence-electron chi connectivity index (χ2n) is 3.13. The number of alkyl halides is 1. The van der Waals surface area contributed by atoms with Gasteiger partial charge in [-0.05, 0) is 13.8 Å². The summed E-state index contributed by atoms with van der Waals surface area (Å²) in [4.78, 5) is 10.6. The molecule has 1 rings (SSSR count). The molecule has 0 saturated heterocycles. The Morgan fingerprint density at radius 1 is 1.73 bits per heavy atom. The highest BCUT2D eigenvalue weighted by Crippen LogP contribution is 2.31. The van der Waals surface area contributed by atoms with Crippen LogP contribution in [-0.2, 0) is 4.79 Å². The average Bonchev–Trinajstić information content (AvgIpc) is 1.98. The lowest BCUT2D eigenvalue weighted by Crippen LogP contribution is -2.28. The van der Waals surface area contributed by atoms with Crippen molar-refractivity contribution in [1.29, 1.82) is 0 Å². The Balaban J connectivity index is 2.92. The monoisotopic (exact) mass is 170 g/mol. The Morgan fingerprint density at radius 2 is 2.36 bits per heavy atom. The van der Waals surface area contributed by atoms with E-state index in [9.17, 15) is 4.79 Å². The zero-order valence-electron chi connectivity index (χ0n) is 6.67. The first-order valence-electron chi connectivity index (χ1n) is 3.56. The van der Waals surface area contributed by atoms with Crippen LogP contribution in [0.1, 0.15) is 13.8 Å². The molecule has 2 unspecified atom stereocenters. The highest BCUT2D eigenvalue weighted by molar-refractivity contribution is 6.23. The van der Waals surface area contributed by atoms with Gasteiger partial charge in [0, 0.05) is 0 Å². The number of hydrogen-bond acceptors (Lipinski definition) is 1. The summed E-state index contributed by atoms with van der Waals surface area (Å²) in [6, 6.07) is 0. The number of carbonyl (C=O) groups excluding carboxylic acids is 1. The highest BCUT2D eigenvalue weighted by Gasteiger charge is 2.30. The quantitative estimate of drug-likeness (QED) is 0.436. The maximum Gasteiger partial charge on any atom is 0.131 e. The minimum Gasteiger partial charge on any atom is -0.302 e. The predicted octanol–water partition coefficient (Wildman–Crippen LogP) is 2.32. The second-order valence-corrected chi connectivity index (χ2v) is 3.60. The fourth-order valence-corrected chi connectivity index (χ4v) is 1.30. The van der Waals surface area contributed by atoms with Gasteiger partial charge in [-0.1, -0.05) is 23.8 Å². The molecular formula is C9H11ClO. The van der Waals surface area contributed by atoms with Crippen LogP contribution >= 0.6 is 11.6 Å². The molecular weight excluding hydrogens is 160 g/mol. The van der Waals surface area contributed by atoms with Gasteiger partial charge in [0.15, 0.2) is 0 Å². The molecule has 60 valence electrons. The molecule has 0 N–H and O–H groups in total. The summed E-state index contributed by atoms with van der Waals surface area (Å²) in [5.74, 6) is 0. The molecule has 0 saturated carbocycles. The van der Waals surface area contributed by atoms with Crippen LogP contribution in [0.15, 0.2) is 23.8 Å². The van der Waals surface area contributed by atoms with Crippen LogP contribution in [0.3, 0.4) is 0 Å². The highest BCUT2D eigenvalue weighted by atomic mass is 35.5. The lowest BCUT2D eigenvalue weighted by atomic mass is 9.83. The normalized spacial score (nSPS) is 36.6. The minimum absolute atomic E-state index is 0.204. The minimum atomic E-state index is -0.513. The van der Waals surface area contributed by atoms with Crippen LogP contribution < -0.4 is 0 Å². The summed E-state index contributed by atoms with van der Waals surface area (Å²) in [5, 5.41) is -0.204. The molecule has 1 nitrogen and oxygen atoms in total. The molecule has 0 aromatic heterocycles. The van der Waals surface area contributed by atoms with Gasteiger partial charge in [-0.15, -0.1) is 11.6 Å². The summed E-state index contributed by atoms with van der Waals surface area (Å²) in [5.41, 5.74) is 0.602. The Morgan fingerprint density at radius 3 is 2.82 bits per heavy atom. The van der Waals surface area contributed by atoms with Crippen molar-refractivity contribution in [3.63, 3.8) is 0 Å². The predicted molar refractivity (Wildman–Crippen MR) is 46.7 cm³/mol. The van der Waals surface area contributed by atoms with E-state index in [-0.39, 0.29) is 5.38 Å². The van der Waals surface area contributed by atoms with E-state index < -0.39 is 5.41 Å². The van der Waals surface area contributed by atoms with Gasteiger partial charge in [0.1, 0.15) is 6.29 Å². The third-order valence-corrected chi connectivity index (χ3v) is 2.56. The largest absolute Gasteiger partial charge is 0.302 e. The Labute approximate surface area is 71.7 Å². The molecule has 0 aromatic rings. The third-order valence-electron chi connectivity index (χ3n) is 1.96. The molecule has 0 aliphatic heterocycles. The summed E-state index contributed by atoms with van der Waals surface area (Å²) in [7, 11) is 0. The number of rotatable bonds is 1. The molecule has 0 heterocycles. The van der Waals surface area contributed by atoms with E-state index in [1.165, 1.54) is 0 Å². The lowest BCUT2D eigenvalue weighted by Gasteiger charge is -2.25. The van der Waals surface area contributed by atoms with Crippen molar-refractivity contribution < 1.29 is 4.79 Å². The van der Waals surface area contributed by atoms with E-state index >= 15 is 0 Å². The van der Waals surface area contributed by atoms with Crippen molar-refractivity contribution in [2.24, 2.45) is 5.41 Å². The number of halogens is 1.